The van der Waals surface area contributed by atoms with Gasteiger partial charge >= 0.3 is 0 Å². The summed E-state index contributed by atoms with van der Waals surface area (Å²) in [7, 11) is 0. The molecule has 0 radical (unpaired) electrons. The second-order valence-electron chi connectivity index (χ2n) is 4.63. The fourth-order valence-corrected chi connectivity index (χ4v) is 2.61. The largest absolute Gasteiger partial charge is 0.508 e. The van der Waals surface area contributed by atoms with Crippen LogP contribution in [0.4, 0.5) is 5.69 Å². The number of phenolic OH excluding ortho intramolecular Hbond substituents is 1. The van der Waals surface area contributed by atoms with E-state index in [2.05, 4.69) is 5.32 Å². The maximum Gasteiger partial charge on any atom is 0.120 e. The minimum atomic E-state index is -0.0700. The molecule has 0 aliphatic heterocycles. The molecule has 2 N–H and O–H groups in total. The standard InChI is InChI=1S/C15H14Cl3NO/c1-8-3-4-10(7-13(8)20)19-9(2)11-5-6-12(16)15(18)14(11)17/h3-7,9,19-20H,1-2H3. The summed E-state index contributed by atoms with van der Waals surface area (Å²) in [5, 5.41) is 14.2. The average molecular weight is 331 g/mol. The van der Waals surface area contributed by atoms with E-state index < -0.39 is 0 Å². The number of phenols is 1. The van der Waals surface area contributed by atoms with Crippen molar-refractivity contribution in [3.63, 3.8) is 0 Å². The summed E-state index contributed by atoms with van der Waals surface area (Å²) in [6.07, 6.45) is 0. The topological polar surface area (TPSA) is 32.3 Å². The van der Waals surface area contributed by atoms with Crippen molar-refractivity contribution in [2.24, 2.45) is 0 Å². The minimum Gasteiger partial charge on any atom is -0.508 e. The lowest BCUT2D eigenvalue weighted by Gasteiger charge is -2.18. The Kier molecular flexibility index (Phi) is 4.69. The molecule has 2 aromatic rings. The van der Waals surface area contributed by atoms with E-state index in [0.29, 0.717) is 15.1 Å². The molecule has 0 spiro atoms. The summed E-state index contributed by atoms with van der Waals surface area (Å²) in [6.45, 7) is 3.81. The molecule has 0 amide bonds. The Labute approximate surface area is 133 Å². The Bertz CT molecular complexity index is 643. The van der Waals surface area contributed by atoms with Crippen molar-refractivity contribution in [2.75, 3.05) is 5.32 Å². The van der Waals surface area contributed by atoms with Gasteiger partial charge in [-0.3, -0.25) is 0 Å². The SMILES string of the molecule is Cc1ccc(NC(C)c2ccc(Cl)c(Cl)c2Cl)cc1O. The van der Waals surface area contributed by atoms with Crippen LogP contribution in [0.1, 0.15) is 24.1 Å². The molecule has 0 aromatic heterocycles. The molecule has 1 unspecified atom stereocenters. The molecule has 5 heteroatoms. The van der Waals surface area contributed by atoms with Gasteiger partial charge in [-0.1, -0.05) is 46.9 Å². The van der Waals surface area contributed by atoms with Crippen LogP contribution >= 0.6 is 34.8 Å². The first-order chi connectivity index (χ1) is 9.40. The summed E-state index contributed by atoms with van der Waals surface area (Å²) in [6, 6.07) is 8.91. The van der Waals surface area contributed by atoms with E-state index in [1.807, 2.05) is 32.0 Å². The van der Waals surface area contributed by atoms with E-state index in [0.717, 1.165) is 16.8 Å². The van der Waals surface area contributed by atoms with Crippen LogP contribution in [-0.2, 0) is 0 Å². The van der Waals surface area contributed by atoms with Crippen LogP contribution in [0.2, 0.25) is 15.1 Å². The van der Waals surface area contributed by atoms with Gasteiger partial charge in [0.2, 0.25) is 0 Å². The van der Waals surface area contributed by atoms with Crippen LogP contribution in [-0.4, -0.2) is 5.11 Å². The van der Waals surface area contributed by atoms with E-state index in [1.54, 1.807) is 12.1 Å². The van der Waals surface area contributed by atoms with Gasteiger partial charge in [-0.05, 0) is 37.1 Å². The first-order valence-electron chi connectivity index (χ1n) is 6.09. The van der Waals surface area contributed by atoms with Crippen molar-refractivity contribution in [3.05, 3.63) is 56.5 Å². The molecule has 0 fully saturated rings. The quantitative estimate of drug-likeness (QED) is 0.693. The lowest BCUT2D eigenvalue weighted by atomic mass is 10.1. The number of anilines is 1. The molecule has 1 atom stereocenters. The van der Waals surface area contributed by atoms with Crippen LogP contribution in [0.25, 0.3) is 0 Å². The monoisotopic (exact) mass is 329 g/mol. The van der Waals surface area contributed by atoms with Crippen LogP contribution < -0.4 is 5.32 Å². The third-order valence-corrected chi connectivity index (χ3v) is 4.43. The van der Waals surface area contributed by atoms with Gasteiger partial charge in [0.15, 0.2) is 0 Å². The molecule has 0 saturated carbocycles. The number of halogens is 3. The zero-order valence-corrected chi connectivity index (χ0v) is 13.3. The molecule has 0 aliphatic carbocycles. The van der Waals surface area contributed by atoms with Gasteiger partial charge in [-0.25, -0.2) is 0 Å². The molecular formula is C15H14Cl3NO. The lowest BCUT2D eigenvalue weighted by molar-refractivity contribution is 0.471. The van der Waals surface area contributed by atoms with Gasteiger partial charge in [0.1, 0.15) is 5.75 Å². The highest BCUT2D eigenvalue weighted by molar-refractivity contribution is 6.48. The molecular weight excluding hydrogens is 317 g/mol. The molecule has 2 aromatic carbocycles. The Morgan fingerprint density at radius 3 is 2.40 bits per heavy atom. The Morgan fingerprint density at radius 2 is 1.75 bits per heavy atom. The lowest BCUT2D eigenvalue weighted by Crippen LogP contribution is -2.07. The maximum atomic E-state index is 9.71. The number of hydrogen-bond donors (Lipinski definition) is 2. The molecule has 20 heavy (non-hydrogen) atoms. The highest BCUT2D eigenvalue weighted by atomic mass is 35.5. The second kappa shape index (κ2) is 6.13. The fourth-order valence-electron chi connectivity index (χ4n) is 1.90. The van der Waals surface area contributed by atoms with Crippen LogP contribution in [0, 0.1) is 6.92 Å². The van der Waals surface area contributed by atoms with Crippen LogP contribution in [0.5, 0.6) is 5.75 Å². The number of nitrogens with one attached hydrogen (secondary N) is 1. The van der Waals surface area contributed by atoms with E-state index in [4.69, 9.17) is 34.8 Å². The Hall–Kier alpha value is -1.09. The van der Waals surface area contributed by atoms with Crippen molar-refractivity contribution in [1.82, 2.24) is 0 Å². The zero-order chi connectivity index (χ0) is 14.9. The highest BCUT2D eigenvalue weighted by Gasteiger charge is 2.14. The molecule has 2 rings (SSSR count). The van der Waals surface area contributed by atoms with Crippen molar-refractivity contribution >= 4 is 40.5 Å². The van der Waals surface area contributed by atoms with Gasteiger partial charge in [-0.15, -0.1) is 0 Å². The zero-order valence-electron chi connectivity index (χ0n) is 11.0. The third kappa shape index (κ3) is 3.14. The number of rotatable bonds is 3. The van der Waals surface area contributed by atoms with Gasteiger partial charge in [0.05, 0.1) is 21.1 Å². The minimum absolute atomic E-state index is 0.0700. The fraction of sp³-hybridized carbons (Fsp3) is 0.200. The number of hydrogen-bond acceptors (Lipinski definition) is 2. The van der Waals surface area contributed by atoms with Crippen LogP contribution in [0.15, 0.2) is 30.3 Å². The number of aromatic hydroxyl groups is 1. The van der Waals surface area contributed by atoms with Crippen molar-refractivity contribution < 1.29 is 5.11 Å². The smallest absolute Gasteiger partial charge is 0.120 e. The second-order valence-corrected chi connectivity index (χ2v) is 5.79. The number of aryl methyl sites for hydroxylation is 1. The van der Waals surface area contributed by atoms with Crippen molar-refractivity contribution in [1.29, 1.82) is 0 Å². The molecule has 0 heterocycles. The predicted octanol–water partition coefficient (Wildman–Crippen LogP) is 5.83. The van der Waals surface area contributed by atoms with E-state index in [1.165, 1.54) is 0 Å². The van der Waals surface area contributed by atoms with Gasteiger partial charge in [0.25, 0.3) is 0 Å². The molecule has 0 bridgehead atoms. The van der Waals surface area contributed by atoms with Gasteiger partial charge in [0, 0.05) is 11.8 Å². The average Bonchev–Trinajstić information content (AvgIpc) is 2.40. The van der Waals surface area contributed by atoms with Gasteiger partial charge in [-0.2, -0.15) is 0 Å². The molecule has 0 saturated heterocycles. The summed E-state index contributed by atoms with van der Waals surface area (Å²) < 4.78 is 0. The van der Waals surface area contributed by atoms with Crippen molar-refractivity contribution in [2.45, 2.75) is 19.9 Å². The van der Waals surface area contributed by atoms with Gasteiger partial charge < -0.3 is 10.4 Å². The number of benzene rings is 2. The molecule has 106 valence electrons. The van der Waals surface area contributed by atoms with E-state index in [9.17, 15) is 5.11 Å². The third-order valence-electron chi connectivity index (χ3n) is 3.12. The summed E-state index contributed by atoms with van der Waals surface area (Å²) >= 11 is 18.2. The predicted molar refractivity (Wildman–Crippen MR) is 86.4 cm³/mol. The maximum absolute atomic E-state index is 9.71. The Balaban J connectivity index is 2.26. The summed E-state index contributed by atoms with van der Waals surface area (Å²) in [5.74, 6) is 0.252. The van der Waals surface area contributed by atoms with Crippen LogP contribution in [0.3, 0.4) is 0 Å². The normalized spacial score (nSPS) is 12.2. The first-order valence-corrected chi connectivity index (χ1v) is 7.23. The summed E-state index contributed by atoms with van der Waals surface area (Å²) in [4.78, 5) is 0. The van der Waals surface area contributed by atoms with E-state index in [-0.39, 0.29) is 11.8 Å². The first kappa shape index (κ1) is 15.3. The molecule has 2 nitrogen and oxygen atoms in total. The molecule has 0 aliphatic rings. The van der Waals surface area contributed by atoms with Crippen molar-refractivity contribution in [3.8, 4) is 5.75 Å². The highest BCUT2D eigenvalue weighted by Crippen LogP contribution is 2.36. The Morgan fingerprint density at radius 1 is 1.05 bits per heavy atom. The van der Waals surface area contributed by atoms with E-state index >= 15 is 0 Å². The summed E-state index contributed by atoms with van der Waals surface area (Å²) in [5.41, 5.74) is 2.49.